The zero-order valence-corrected chi connectivity index (χ0v) is 18.3. The van der Waals surface area contributed by atoms with Gasteiger partial charge in [-0.15, -0.1) is 0 Å². The number of halogens is 2. The number of benzene rings is 2. The fraction of sp³-hybridized carbons (Fsp3) is 0.481. The van der Waals surface area contributed by atoms with Crippen LogP contribution in [0.4, 0.5) is 8.78 Å². The molecule has 3 heteroatoms. The van der Waals surface area contributed by atoms with Crippen molar-refractivity contribution in [2.75, 3.05) is 6.61 Å². The molecule has 0 amide bonds. The largest absolute Gasteiger partial charge is 0.490 e. The van der Waals surface area contributed by atoms with Crippen molar-refractivity contribution in [2.45, 2.75) is 71.1 Å². The van der Waals surface area contributed by atoms with Crippen LogP contribution in [0.25, 0.3) is 0 Å². The number of hydrogen-bond donors (Lipinski definition) is 0. The van der Waals surface area contributed by atoms with Crippen LogP contribution in [-0.2, 0) is 6.42 Å². The second kappa shape index (κ2) is 11.3. The van der Waals surface area contributed by atoms with Crippen molar-refractivity contribution >= 4 is 0 Å². The summed E-state index contributed by atoms with van der Waals surface area (Å²) in [4.78, 5) is 0. The summed E-state index contributed by atoms with van der Waals surface area (Å²) >= 11 is 0. The van der Waals surface area contributed by atoms with Gasteiger partial charge in [-0.05, 0) is 80.9 Å². The lowest BCUT2D eigenvalue weighted by Crippen LogP contribution is -2.14. The Labute approximate surface area is 180 Å². The Kier molecular flexibility index (Phi) is 8.48. The van der Waals surface area contributed by atoms with Crippen LogP contribution in [0.3, 0.4) is 0 Å². The van der Waals surface area contributed by atoms with E-state index in [1.807, 2.05) is 6.92 Å². The summed E-state index contributed by atoms with van der Waals surface area (Å²) < 4.78 is 34.4. The molecule has 1 saturated carbocycles. The van der Waals surface area contributed by atoms with E-state index in [2.05, 4.69) is 43.3 Å². The predicted molar refractivity (Wildman–Crippen MR) is 120 cm³/mol. The van der Waals surface area contributed by atoms with E-state index < -0.39 is 11.6 Å². The number of hydrogen-bond acceptors (Lipinski definition) is 1. The van der Waals surface area contributed by atoms with E-state index in [1.54, 1.807) is 12.1 Å². The molecule has 162 valence electrons. The normalized spacial score (nSPS) is 19.3. The van der Waals surface area contributed by atoms with E-state index >= 15 is 0 Å². The standard InChI is InChI=1S/C27H34F2O/c1-3-4-19-30-25-18-17-24(26(28)27(25)29)23-15-13-22(14-16-23)8-6-5-7-21-11-9-20(2)10-12-21/h6,8-12,17-18,22-23H,3-5,7,13-16,19H2,1-2H3/b8-6+. The molecule has 30 heavy (non-hydrogen) atoms. The van der Waals surface area contributed by atoms with Gasteiger partial charge in [-0.2, -0.15) is 4.39 Å². The van der Waals surface area contributed by atoms with Crippen LogP contribution in [0.1, 0.15) is 74.5 Å². The fourth-order valence-electron chi connectivity index (χ4n) is 4.22. The highest BCUT2D eigenvalue weighted by Gasteiger charge is 2.25. The lowest BCUT2D eigenvalue weighted by atomic mass is 9.78. The van der Waals surface area contributed by atoms with Crippen LogP contribution in [0, 0.1) is 24.5 Å². The molecule has 0 atom stereocenters. The van der Waals surface area contributed by atoms with Crippen molar-refractivity contribution in [3.63, 3.8) is 0 Å². The maximum absolute atomic E-state index is 14.6. The Bertz CT molecular complexity index is 818. The van der Waals surface area contributed by atoms with Gasteiger partial charge < -0.3 is 4.74 Å². The first-order valence-corrected chi connectivity index (χ1v) is 11.4. The van der Waals surface area contributed by atoms with E-state index in [0.29, 0.717) is 18.1 Å². The van der Waals surface area contributed by atoms with Gasteiger partial charge in [0.2, 0.25) is 5.82 Å². The second-order valence-electron chi connectivity index (χ2n) is 8.55. The molecule has 0 spiro atoms. The van der Waals surface area contributed by atoms with Crippen molar-refractivity contribution in [3.05, 3.63) is 76.9 Å². The van der Waals surface area contributed by atoms with Crippen LogP contribution in [-0.4, -0.2) is 6.61 Å². The van der Waals surface area contributed by atoms with Crippen molar-refractivity contribution < 1.29 is 13.5 Å². The van der Waals surface area contributed by atoms with Crippen LogP contribution >= 0.6 is 0 Å². The third-order valence-electron chi connectivity index (χ3n) is 6.17. The van der Waals surface area contributed by atoms with Crippen molar-refractivity contribution in [1.29, 1.82) is 0 Å². The Hall–Kier alpha value is -2.16. The van der Waals surface area contributed by atoms with Gasteiger partial charge in [-0.3, -0.25) is 0 Å². The molecule has 0 heterocycles. The number of allylic oxidation sites excluding steroid dienone is 2. The van der Waals surface area contributed by atoms with Crippen LogP contribution in [0.15, 0.2) is 48.6 Å². The number of unbranched alkanes of at least 4 members (excludes halogenated alkanes) is 1. The molecule has 1 aliphatic rings. The van der Waals surface area contributed by atoms with Gasteiger partial charge in [-0.1, -0.05) is 61.4 Å². The molecule has 1 fully saturated rings. The van der Waals surface area contributed by atoms with Gasteiger partial charge in [0, 0.05) is 0 Å². The summed E-state index contributed by atoms with van der Waals surface area (Å²) in [6.45, 7) is 4.57. The Morgan fingerprint density at radius 1 is 0.967 bits per heavy atom. The first kappa shape index (κ1) is 22.5. The molecule has 0 saturated heterocycles. The third-order valence-corrected chi connectivity index (χ3v) is 6.17. The molecule has 1 aliphatic carbocycles. The lowest BCUT2D eigenvalue weighted by molar-refractivity contribution is 0.286. The molecule has 1 nitrogen and oxygen atoms in total. The summed E-state index contributed by atoms with van der Waals surface area (Å²) in [6.07, 6.45) is 12.4. The van der Waals surface area contributed by atoms with E-state index in [0.717, 1.165) is 51.4 Å². The first-order chi connectivity index (χ1) is 14.6. The van der Waals surface area contributed by atoms with Gasteiger partial charge in [0.25, 0.3) is 0 Å². The van der Waals surface area contributed by atoms with Gasteiger partial charge >= 0.3 is 0 Å². The van der Waals surface area contributed by atoms with Gasteiger partial charge in [-0.25, -0.2) is 4.39 Å². The maximum Gasteiger partial charge on any atom is 0.200 e. The number of rotatable bonds is 9. The van der Waals surface area contributed by atoms with E-state index in [1.165, 1.54) is 11.1 Å². The van der Waals surface area contributed by atoms with Gasteiger partial charge in [0.15, 0.2) is 11.6 Å². The highest BCUT2D eigenvalue weighted by Crippen LogP contribution is 2.39. The predicted octanol–water partition coefficient (Wildman–Crippen LogP) is 7.91. The summed E-state index contributed by atoms with van der Waals surface area (Å²) in [6, 6.07) is 12.0. The summed E-state index contributed by atoms with van der Waals surface area (Å²) in [5.74, 6) is -0.872. The number of ether oxygens (including phenoxy) is 1. The van der Waals surface area contributed by atoms with Crippen molar-refractivity contribution in [2.24, 2.45) is 5.92 Å². The minimum Gasteiger partial charge on any atom is -0.490 e. The first-order valence-electron chi connectivity index (χ1n) is 11.4. The monoisotopic (exact) mass is 412 g/mol. The molecule has 0 aliphatic heterocycles. The smallest absolute Gasteiger partial charge is 0.200 e. The Morgan fingerprint density at radius 3 is 2.40 bits per heavy atom. The minimum atomic E-state index is -0.832. The third kappa shape index (κ3) is 6.17. The van der Waals surface area contributed by atoms with Crippen molar-refractivity contribution in [3.8, 4) is 5.75 Å². The second-order valence-corrected chi connectivity index (χ2v) is 8.55. The Balaban J connectivity index is 1.47. The van der Waals surface area contributed by atoms with E-state index in [-0.39, 0.29) is 11.7 Å². The van der Waals surface area contributed by atoms with E-state index in [9.17, 15) is 8.78 Å². The molecule has 3 rings (SSSR count). The minimum absolute atomic E-state index is 0.0369. The van der Waals surface area contributed by atoms with Crippen LogP contribution < -0.4 is 4.74 Å². The molecule has 0 N–H and O–H groups in total. The average Bonchev–Trinajstić information content (AvgIpc) is 2.76. The molecule has 0 unspecified atom stereocenters. The molecule has 0 radical (unpaired) electrons. The topological polar surface area (TPSA) is 9.23 Å². The maximum atomic E-state index is 14.6. The van der Waals surface area contributed by atoms with Crippen molar-refractivity contribution in [1.82, 2.24) is 0 Å². The molecular formula is C27H34F2O. The zero-order chi connectivity index (χ0) is 21.3. The molecule has 0 aromatic heterocycles. The van der Waals surface area contributed by atoms with Gasteiger partial charge in [0.1, 0.15) is 0 Å². The molecular weight excluding hydrogens is 378 g/mol. The SMILES string of the molecule is CCCCOc1ccc(C2CCC(/C=C/CCc3ccc(C)cc3)CC2)c(F)c1F. The average molecular weight is 413 g/mol. The summed E-state index contributed by atoms with van der Waals surface area (Å²) in [5.41, 5.74) is 3.17. The van der Waals surface area contributed by atoms with Crippen LogP contribution in [0.2, 0.25) is 0 Å². The fourth-order valence-corrected chi connectivity index (χ4v) is 4.22. The highest BCUT2D eigenvalue weighted by atomic mass is 19.2. The number of aryl methyl sites for hydroxylation is 2. The van der Waals surface area contributed by atoms with Crippen LogP contribution in [0.5, 0.6) is 5.75 Å². The highest BCUT2D eigenvalue weighted by molar-refractivity contribution is 5.33. The molecule has 0 bridgehead atoms. The Morgan fingerprint density at radius 2 is 1.70 bits per heavy atom. The molecule has 2 aromatic carbocycles. The van der Waals surface area contributed by atoms with E-state index in [4.69, 9.17) is 4.74 Å². The van der Waals surface area contributed by atoms with Gasteiger partial charge in [0.05, 0.1) is 6.61 Å². The molecule has 2 aromatic rings. The zero-order valence-electron chi connectivity index (χ0n) is 18.3. The lowest BCUT2D eigenvalue weighted by Gasteiger charge is -2.27. The quantitative estimate of drug-likeness (QED) is 0.300. The summed E-state index contributed by atoms with van der Waals surface area (Å²) in [7, 11) is 0. The summed E-state index contributed by atoms with van der Waals surface area (Å²) in [5, 5.41) is 0.